The van der Waals surface area contributed by atoms with Crippen molar-refractivity contribution in [3.63, 3.8) is 0 Å². The molecule has 0 bridgehead atoms. The number of rotatable bonds is 6. The Hall–Kier alpha value is -0.610. The van der Waals surface area contributed by atoms with Gasteiger partial charge in [-0.15, -0.1) is 0 Å². The van der Waals surface area contributed by atoms with Gasteiger partial charge in [0.2, 0.25) is 5.91 Å². The van der Waals surface area contributed by atoms with Crippen LogP contribution >= 0.6 is 0 Å². The third-order valence-electron chi connectivity index (χ3n) is 5.07. The number of hydrogen-bond donors (Lipinski definition) is 2. The Bertz CT molecular complexity index is 337. The zero-order chi connectivity index (χ0) is 14.8. The molecule has 2 rings (SSSR count). The van der Waals surface area contributed by atoms with Crippen LogP contribution in [-0.4, -0.2) is 30.7 Å². The Balaban J connectivity index is 1.91. The first-order valence-electron chi connectivity index (χ1n) is 8.17. The van der Waals surface area contributed by atoms with Crippen molar-refractivity contribution in [2.45, 2.75) is 77.5 Å². The molecule has 3 N–H and O–H groups in total. The van der Waals surface area contributed by atoms with Crippen LogP contribution in [0.4, 0.5) is 0 Å². The van der Waals surface area contributed by atoms with Crippen molar-refractivity contribution in [2.75, 3.05) is 6.61 Å². The maximum Gasteiger partial charge on any atom is 0.237 e. The molecule has 116 valence electrons. The number of nitrogens with two attached hydrogens (primary N) is 1. The third kappa shape index (κ3) is 3.01. The number of ether oxygens (including phenoxy) is 1. The van der Waals surface area contributed by atoms with E-state index in [2.05, 4.69) is 19.2 Å². The smallest absolute Gasteiger partial charge is 0.237 e. The van der Waals surface area contributed by atoms with Gasteiger partial charge in [0.1, 0.15) is 0 Å². The summed E-state index contributed by atoms with van der Waals surface area (Å²) in [5.74, 6) is 0.471. The zero-order valence-corrected chi connectivity index (χ0v) is 13.2. The van der Waals surface area contributed by atoms with Crippen LogP contribution in [0.2, 0.25) is 0 Å². The van der Waals surface area contributed by atoms with E-state index in [1.165, 1.54) is 25.7 Å². The second-order valence-corrected chi connectivity index (χ2v) is 6.92. The van der Waals surface area contributed by atoms with E-state index in [9.17, 15) is 4.79 Å². The van der Waals surface area contributed by atoms with E-state index >= 15 is 0 Å². The molecule has 2 saturated carbocycles. The van der Waals surface area contributed by atoms with Gasteiger partial charge in [-0.1, -0.05) is 26.7 Å². The van der Waals surface area contributed by atoms with E-state index in [1.54, 1.807) is 0 Å². The molecule has 0 aliphatic heterocycles. The normalized spacial score (nSPS) is 29.4. The Morgan fingerprint density at radius 3 is 2.60 bits per heavy atom. The fourth-order valence-electron chi connectivity index (χ4n) is 3.98. The van der Waals surface area contributed by atoms with Crippen molar-refractivity contribution in [3.05, 3.63) is 0 Å². The fraction of sp³-hybridized carbons (Fsp3) is 0.938. The van der Waals surface area contributed by atoms with Gasteiger partial charge in [0, 0.05) is 18.1 Å². The summed E-state index contributed by atoms with van der Waals surface area (Å²) in [7, 11) is 0. The van der Waals surface area contributed by atoms with Crippen molar-refractivity contribution in [2.24, 2.45) is 17.1 Å². The second-order valence-electron chi connectivity index (χ2n) is 6.92. The minimum absolute atomic E-state index is 0.0184. The number of carbonyl (C=O) groups is 1. The Labute approximate surface area is 122 Å². The van der Waals surface area contributed by atoms with Crippen molar-refractivity contribution < 1.29 is 9.53 Å². The van der Waals surface area contributed by atoms with Crippen LogP contribution in [0.25, 0.3) is 0 Å². The van der Waals surface area contributed by atoms with Crippen LogP contribution in [0.3, 0.4) is 0 Å². The lowest BCUT2D eigenvalue weighted by atomic mass is 9.60. The standard InChI is InChI=1S/C16H30N2O2/c1-4-20-14-10-13(16(14)7-5-6-8-16)18-15(19)12(17)9-11(2)3/h11-14H,4-10,17H2,1-3H3,(H,18,19)/t12-,13?,14?/m0/s1. The molecule has 0 aromatic carbocycles. The summed E-state index contributed by atoms with van der Waals surface area (Å²) in [6.07, 6.45) is 6.92. The van der Waals surface area contributed by atoms with Crippen LogP contribution in [0.15, 0.2) is 0 Å². The summed E-state index contributed by atoms with van der Waals surface area (Å²) < 4.78 is 5.87. The van der Waals surface area contributed by atoms with Gasteiger partial charge in [-0.2, -0.15) is 0 Å². The average molecular weight is 282 g/mol. The second kappa shape index (κ2) is 6.44. The summed E-state index contributed by atoms with van der Waals surface area (Å²) in [5.41, 5.74) is 6.18. The molecular formula is C16H30N2O2. The molecule has 2 aliphatic rings. The molecule has 4 heteroatoms. The first-order chi connectivity index (χ1) is 9.49. The summed E-state index contributed by atoms with van der Waals surface area (Å²) in [5, 5.41) is 3.20. The van der Waals surface area contributed by atoms with Crippen LogP contribution in [0.5, 0.6) is 0 Å². The summed E-state index contributed by atoms with van der Waals surface area (Å²) in [6, 6.07) is -0.105. The molecule has 0 heterocycles. The predicted octanol–water partition coefficient (Wildman–Crippen LogP) is 2.21. The van der Waals surface area contributed by atoms with Gasteiger partial charge in [-0.3, -0.25) is 4.79 Å². The molecule has 0 saturated heterocycles. The van der Waals surface area contributed by atoms with E-state index in [0.29, 0.717) is 12.0 Å². The maximum absolute atomic E-state index is 12.2. The lowest BCUT2D eigenvalue weighted by molar-refractivity contribution is -0.145. The molecule has 0 aromatic heterocycles. The quantitative estimate of drug-likeness (QED) is 0.785. The van der Waals surface area contributed by atoms with Gasteiger partial charge in [-0.05, 0) is 38.5 Å². The lowest BCUT2D eigenvalue weighted by Crippen LogP contribution is -2.65. The van der Waals surface area contributed by atoms with E-state index in [1.807, 2.05) is 6.92 Å². The third-order valence-corrected chi connectivity index (χ3v) is 5.07. The molecule has 3 atom stereocenters. The fourth-order valence-corrected chi connectivity index (χ4v) is 3.98. The molecule has 1 spiro atoms. The average Bonchev–Trinajstić information content (AvgIpc) is 2.88. The molecule has 4 nitrogen and oxygen atoms in total. The highest BCUT2D eigenvalue weighted by Gasteiger charge is 2.57. The molecule has 2 fully saturated rings. The topological polar surface area (TPSA) is 64.3 Å². The SMILES string of the molecule is CCOC1CC(NC(=O)[C@@H](N)CC(C)C)C12CCCC2. The largest absolute Gasteiger partial charge is 0.378 e. The molecule has 0 radical (unpaired) electrons. The van der Waals surface area contributed by atoms with E-state index in [0.717, 1.165) is 19.4 Å². The van der Waals surface area contributed by atoms with Gasteiger partial charge in [0.15, 0.2) is 0 Å². The van der Waals surface area contributed by atoms with Crippen LogP contribution < -0.4 is 11.1 Å². The van der Waals surface area contributed by atoms with Gasteiger partial charge >= 0.3 is 0 Å². The number of carbonyl (C=O) groups excluding carboxylic acids is 1. The first-order valence-corrected chi connectivity index (χ1v) is 8.17. The number of nitrogens with one attached hydrogen (secondary N) is 1. The highest BCUT2D eigenvalue weighted by atomic mass is 16.5. The summed E-state index contributed by atoms with van der Waals surface area (Å²) >= 11 is 0. The van der Waals surface area contributed by atoms with E-state index < -0.39 is 0 Å². The van der Waals surface area contributed by atoms with Crippen molar-refractivity contribution in [3.8, 4) is 0 Å². The van der Waals surface area contributed by atoms with E-state index in [4.69, 9.17) is 10.5 Å². The molecule has 0 aromatic rings. The van der Waals surface area contributed by atoms with Gasteiger partial charge in [0.25, 0.3) is 0 Å². The van der Waals surface area contributed by atoms with Crippen molar-refractivity contribution in [1.29, 1.82) is 0 Å². The number of hydrogen-bond acceptors (Lipinski definition) is 3. The highest BCUT2D eigenvalue weighted by molar-refractivity contribution is 5.82. The molecule has 2 aliphatic carbocycles. The first kappa shape index (κ1) is 15.8. The number of amides is 1. The van der Waals surface area contributed by atoms with Gasteiger partial charge in [0.05, 0.1) is 12.1 Å². The van der Waals surface area contributed by atoms with Gasteiger partial charge in [-0.25, -0.2) is 0 Å². The Morgan fingerprint density at radius 1 is 1.40 bits per heavy atom. The highest BCUT2D eigenvalue weighted by Crippen LogP contribution is 2.54. The summed E-state index contributed by atoms with van der Waals surface area (Å²) in [6.45, 7) is 7.01. The Morgan fingerprint density at radius 2 is 2.05 bits per heavy atom. The molecule has 1 amide bonds. The minimum Gasteiger partial charge on any atom is -0.378 e. The minimum atomic E-state index is -0.375. The van der Waals surface area contributed by atoms with Crippen LogP contribution in [0, 0.1) is 11.3 Å². The van der Waals surface area contributed by atoms with Crippen molar-refractivity contribution in [1.82, 2.24) is 5.32 Å². The predicted molar refractivity (Wildman–Crippen MR) is 80.3 cm³/mol. The lowest BCUT2D eigenvalue weighted by Gasteiger charge is -2.54. The van der Waals surface area contributed by atoms with Gasteiger partial charge < -0.3 is 15.8 Å². The van der Waals surface area contributed by atoms with Crippen LogP contribution in [0.1, 0.15) is 59.3 Å². The van der Waals surface area contributed by atoms with E-state index in [-0.39, 0.29) is 23.4 Å². The van der Waals surface area contributed by atoms with Crippen molar-refractivity contribution >= 4 is 5.91 Å². The molecule has 20 heavy (non-hydrogen) atoms. The Kier molecular flexibility index (Phi) is 5.08. The molecule has 2 unspecified atom stereocenters. The summed E-state index contributed by atoms with van der Waals surface area (Å²) in [4.78, 5) is 12.2. The van der Waals surface area contributed by atoms with Crippen LogP contribution in [-0.2, 0) is 9.53 Å². The maximum atomic E-state index is 12.2. The molecular weight excluding hydrogens is 252 g/mol. The monoisotopic (exact) mass is 282 g/mol. The zero-order valence-electron chi connectivity index (χ0n) is 13.2.